The molecule has 0 fully saturated rings. The van der Waals surface area contributed by atoms with Crippen LogP contribution in [-0.2, 0) is 0 Å². The summed E-state index contributed by atoms with van der Waals surface area (Å²) < 4.78 is 42.0. The van der Waals surface area contributed by atoms with E-state index in [-0.39, 0.29) is 5.56 Å². The van der Waals surface area contributed by atoms with Crippen LogP contribution in [0.15, 0.2) is 24.3 Å². The third-order valence-electron chi connectivity index (χ3n) is 2.10. The maximum Gasteiger partial charge on any atom is 0.397 e. The number of alkyl halides is 3. The third-order valence-corrected chi connectivity index (χ3v) is 2.10. The largest absolute Gasteiger partial charge is 0.497 e. The van der Waals surface area contributed by atoms with Gasteiger partial charge in [-0.05, 0) is 17.7 Å². The Morgan fingerprint density at radius 1 is 1.27 bits per heavy atom. The van der Waals surface area contributed by atoms with Crippen LogP contribution in [-0.4, -0.2) is 25.0 Å². The number of hydrogen-bond donors (Lipinski definition) is 1. The molecular weight excluding hydrogens is 209 g/mol. The summed E-state index contributed by atoms with van der Waals surface area (Å²) in [5.41, 5.74) is 0.0331. The van der Waals surface area contributed by atoms with E-state index < -0.39 is 18.7 Å². The molecule has 0 aliphatic carbocycles. The van der Waals surface area contributed by atoms with E-state index >= 15 is 0 Å². The average molecular weight is 220 g/mol. The number of benzene rings is 1. The van der Waals surface area contributed by atoms with Crippen molar-refractivity contribution in [3.63, 3.8) is 0 Å². The zero-order chi connectivity index (χ0) is 11.5. The molecule has 0 radical (unpaired) electrons. The van der Waals surface area contributed by atoms with E-state index in [1.165, 1.54) is 31.4 Å². The quantitative estimate of drug-likeness (QED) is 0.847. The summed E-state index contributed by atoms with van der Waals surface area (Å²) in [7, 11) is 1.43. The molecule has 0 unspecified atom stereocenters. The lowest BCUT2D eigenvalue weighted by Gasteiger charge is -2.18. The first-order chi connectivity index (χ1) is 6.99. The first-order valence-corrected chi connectivity index (χ1v) is 4.30. The summed E-state index contributed by atoms with van der Waals surface area (Å²) in [4.78, 5) is 0. The van der Waals surface area contributed by atoms with Crippen LogP contribution in [0.25, 0.3) is 0 Å². The summed E-state index contributed by atoms with van der Waals surface area (Å²) >= 11 is 0. The van der Waals surface area contributed by atoms with Crippen molar-refractivity contribution in [1.82, 2.24) is 0 Å². The van der Waals surface area contributed by atoms with Gasteiger partial charge in [0.25, 0.3) is 0 Å². The Hall–Kier alpha value is -1.23. The Labute approximate surface area is 85.3 Å². The monoisotopic (exact) mass is 220 g/mol. The lowest BCUT2D eigenvalue weighted by molar-refractivity contribution is -0.158. The minimum Gasteiger partial charge on any atom is -0.497 e. The first kappa shape index (κ1) is 11.8. The molecule has 0 saturated heterocycles. The van der Waals surface area contributed by atoms with Gasteiger partial charge in [-0.15, -0.1) is 0 Å². The average Bonchev–Trinajstić information content (AvgIpc) is 2.18. The van der Waals surface area contributed by atoms with Crippen molar-refractivity contribution >= 4 is 0 Å². The molecule has 1 N–H and O–H groups in total. The molecule has 0 bridgehead atoms. The number of hydrogen-bond acceptors (Lipinski definition) is 2. The normalized spacial score (nSPS) is 13.7. The fraction of sp³-hybridized carbons (Fsp3) is 0.400. The zero-order valence-electron chi connectivity index (χ0n) is 8.08. The fourth-order valence-electron chi connectivity index (χ4n) is 1.23. The highest BCUT2D eigenvalue weighted by atomic mass is 19.4. The highest BCUT2D eigenvalue weighted by Crippen LogP contribution is 2.34. The van der Waals surface area contributed by atoms with Crippen LogP contribution < -0.4 is 4.74 Å². The van der Waals surface area contributed by atoms with Crippen LogP contribution in [0.3, 0.4) is 0 Å². The standard InChI is InChI=1S/C10H11F3O2/c1-15-8-4-2-7(3-5-8)9(6-14)10(11,12)13/h2-5,9,14H,6H2,1H3/t9-/m1/s1. The van der Waals surface area contributed by atoms with E-state index in [1.54, 1.807) is 0 Å². The molecule has 84 valence electrons. The molecule has 2 nitrogen and oxygen atoms in total. The van der Waals surface area contributed by atoms with Gasteiger partial charge in [0.05, 0.1) is 13.7 Å². The van der Waals surface area contributed by atoms with Gasteiger partial charge in [-0.2, -0.15) is 13.2 Å². The van der Waals surface area contributed by atoms with E-state index in [9.17, 15) is 13.2 Å². The summed E-state index contributed by atoms with van der Waals surface area (Å²) in [6.45, 7) is -0.949. The van der Waals surface area contributed by atoms with Crippen molar-refractivity contribution in [3.8, 4) is 5.75 Å². The van der Waals surface area contributed by atoms with Crippen molar-refractivity contribution in [3.05, 3.63) is 29.8 Å². The highest BCUT2D eigenvalue weighted by Gasteiger charge is 2.40. The Balaban J connectivity index is 2.93. The molecule has 0 amide bonds. The summed E-state index contributed by atoms with van der Waals surface area (Å²) in [6.07, 6.45) is -4.43. The molecule has 5 heteroatoms. The number of aliphatic hydroxyl groups excluding tert-OH is 1. The van der Waals surface area contributed by atoms with Gasteiger partial charge in [0, 0.05) is 0 Å². The van der Waals surface area contributed by atoms with Crippen LogP contribution in [0, 0.1) is 0 Å². The molecule has 1 aromatic carbocycles. The molecule has 1 atom stereocenters. The summed E-state index contributed by atoms with van der Waals surface area (Å²) in [5, 5.41) is 8.69. The van der Waals surface area contributed by atoms with Crippen LogP contribution in [0.1, 0.15) is 11.5 Å². The van der Waals surface area contributed by atoms with Gasteiger partial charge in [0.1, 0.15) is 11.7 Å². The van der Waals surface area contributed by atoms with E-state index in [1.807, 2.05) is 0 Å². The number of halogens is 3. The second-order valence-corrected chi connectivity index (χ2v) is 3.05. The Bertz CT molecular complexity index is 305. The number of ether oxygens (including phenoxy) is 1. The van der Waals surface area contributed by atoms with Crippen molar-refractivity contribution in [2.45, 2.75) is 12.1 Å². The zero-order valence-corrected chi connectivity index (χ0v) is 8.08. The van der Waals surface area contributed by atoms with E-state index in [0.29, 0.717) is 5.75 Å². The van der Waals surface area contributed by atoms with Crippen molar-refractivity contribution in [2.24, 2.45) is 0 Å². The van der Waals surface area contributed by atoms with Gasteiger partial charge in [-0.1, -0.05) is 12.1 Å². The Morgan fingerprint density at radius 3 is 2.13 bits per heavy atom. The molecule has 1 aromatic rings. The first-order valence-electron chi connectivity index (χ1n) is 4.30. The predicted molar refractivity (Wildman–Crippen MR) is 48.9 cm³/mol. The van der Waals surface area contributed by atoms with Crippen LogP contribution >= 0.6 is 0 Å². The SMILES string of the molecule is COc1ccc([C@@H](CO)C(F)(F)F)cc1. The van der Waals surface area contributed by atoms with Crippen molar-refractivity contribution < 1.29 is 23.0 Å². The minimum absolute atomic E-state index is 0.0331. The van der Waals surface area contributed by atoms with Gasteiger partial charge in [0.15, 0.2) is 0 Å². The lowest BCUT2D eigenvalue weighted by Crippen LogP contribution is -2.23. The smallest absolute Gasteiger partial charge is 0.397 e. The fourth-order valence-corrected chi connectivity index (χ4v) is 1.23. The van der Waals surface area contributed by atoms with Gasteiger partial charge in [-0.25, -0.2) is 0 Å². The molecule has 15 heavy (non-hydrogen) atoms. The maximum absolute atomic E-state index is 12.4. The van der Waals surface area contributed by atoms with E-state index in [2.05, 4.69) is 0 Å². The van der Waals surface area contributed by atoms with E-state index in [4.69, 9.17) is 9.84 Å². The predicted octanol–water partition coefficient (Wildman–Crippen LogP) is 2.33. The van der Waals surface area contributed by atoms with E-state index in [0.717, 1.165) is 0 Å². The molecule has 0 aliphatic heterocycles. The summed E-state index contributed by atoms with van der Waals surface area (Å²) in [6, 6.07) is 5.47. The second kappa shape index (κ2) is 4.53. The van der Waals surface area contributed by atoms with Gasteiger partial charge >= 0.3 is 6.18 Å². The van der Waals surface area contributed by atoms with Gasteiger partial charge < -0.3 is 9.84 Å². The molecule has 0 heterocycles. The summed E-state index contributed by atoms with van der Waals surface area (Å²) in [5.74, 6) is -1.35. The molecular formula is C10H11F3O2. The lowest BCUT2D eigenvalue weighted by atomic mass is 9.99. The molecule has 0 saturated carbocycles. The van der Waals surface area contributed by atoms with Gasteiger partial charge in [-0.3, -0.25) is 0 Å². The van der Waals surface area contributed by atoms with Crippen LogP contribution in [0.2, 0.25) is 0 Å². The molecule has 0 aliphatic rings. The number of methoxy groups -OCH3 is 1. The minimum atomic E-state index is -4.43. The molecule has 1 rings (SSSR count). The van der Waals surface area contributed by atoms with Crippen molar-refractivity contribution in [2.75, 3.05) is 13.7 Å². The van der Waals surface area contributed by atoms with Gasteiger partial charge in [0.2, 0.25) is 0 Å². The van der Waals surface area contributed by atoms with Crippen LogP contribution in [0.4, 0.5) is 13.2 Å². The Morgan fingerprint density at radius 2 is 1.80 bits per heavy atom. The third kappa shape index (κ3) is 2.86. The maximum atomic E-state index is 12.4. The molecule has 0 aromatic heterocycles. The van der Waals surface area contributed by atoms with Crippen LogP contribution in [0.5, 0.6) is 5.75 Å². The highest BCUT2D eigenvalue weighted by molar-refractivity contribution is 5.30. The number of rotatable bonds is 3. The van der Waals surface area contributed by atoms with Crippen molar-refractivity contribution in [1.29, 1.82) is 0 Å². The second-order valence-electron chi connectivity index (χ2n) is 3.05. The molecule has 0 spiro atoms. The topological polar surface area (TPSA) is 29.5 Å². The Kier molecular flexibility index (Phi) is 3.57. The number of aliphatic hydroxyl groups is 1.